The number of unbranched alkanes of at least 4 members (excludes halogenated alkanes) is 1. The van der Waals surface area contributed by atoms with Crippen molar-refractivity contribution in [3.8, 4) is 0 Å². The maximum atomic E-state index is 12.2. The lowest BCUT2D eigenvalue weighted by molar-refractivity contribution is 0.0979. The number of carbonyl (C=O) groups excluding carboxylic acids is 1. The molecule has 0 aliphatic carbocycles. The van der Waals surface area contributed by atoms with Gasteiger partial charge >= 0.3 is 0 Å². The number of nitrogens with one attached hydrogen (secondary N) is 2. The minimum atomic E-state index is 0.263. The molecule has 1 aliphatic heterocycles. The molecule has 2 rings (SSSR count). The predicted molar refractivity (Wildman–Crippen MR) is 84.2 cm³/mol. The van der Waals surface area contributed by atoms with E-state index >= 15 is 0 Å². The summed E-state index contributed by atoms with van der Waals surface area (Å²) in [5.74, 6) is 0.263. The van der Waals surface area contributed by atoms with Crippen molar-refractivity contribution in [2.24, 2.45) is 0 Å². The van der Waals surface area contributed by atoms with Gasteiger partial charge in [0.05, 0.1) is 11.4 Å². The van der Waals surface area contributed by atoms with E-state index in [0.29, 0.717) is 6.42 Å². The van der Waals surface area contributed by atoms with Crippen LogP contribution in [0, 0.1) is 0 Å². The van der Waals surface area contributed by atoms with Gasteiger partial charge in [-0.25, -0.2) is 0 Å². The quantitative estimate of drug-likeness (QED) is 0.607. The number of carbonyl (C=O) groups is 1. The van der Waals surface area contributed by atoms with Crippen LogP contribution < -0.4 is 10.0 Å². The van der Waals surface area contributed by atoms with E-state index in [0.717, 1.165) is 43.5 Å². The van der Waals surface area contributed by atoms with Crippen molar-refractivity contribution < 1.29 is 4.79 Å². The van der Waals surface area contributed by atoms with Gasteiger partial charge < -0.3 is 10.0 Å². The van der Waals surface area contributed by atoms with Gasteiger partial charge in [0.25, 0.3) is 0 Å². The molecule has 0 saturated carbocycles. The lowest BCUT2D eigenvalue weighted by Gasteiger charge is -2.22. The van der Waals surface area contributed by atoms with Gasteiger partial charge in [-0.1, -0.05) is 25.3 Å². The molecule has 1 heterocycles. The van der Waals surface area contributed by atoms with E-state index in [1.807, 2.05) is 12.3 Å². The van der Waals surface area contributed by atoms with Crippen molar-refractivity contribution in [2.45, 2.75) is 39.0 Å². The Balaban J connectivity index is 2.29. The van der Waals surface area contributed by atoms with Crippen LogP contribution in [0.25, 0.3) is 0 Å². The Morgan fingerprint density at radius 1 is 1.47 bits per heavy atom. The summed E-state index contributed by atoms with van der Waals surface area (Å²) in [7, 11) is 0. The topological polar surface area (TPSA) is 41.1 Å². The Morgan fingerprint density at radius 3 is 3.05 bits per heavy atom. The third-order valence-corrected chi connectivity index (χ3v) is 3.86. The third-order valence-electron chi connectivity index (χ3n) is 3.44. The van der Waals surface area contributed by atoms with E-state index in [1.54, 1.807) is 11.9 Å². The molecule has 0 bridgehead atoms. The van der Waals surface area contributed by atoms with Crippen LogP contribution in [-0.2, 0) is 6.42 Å². The highest BCUT2D eigenvalue weighted by Crippen LogP contribution is 2.33. The van der Waals surface area contributed by atoms with E-state index in [4.69, 9.17) is 0 Å². The molecule has 1 aromatic rings. The number of ketones is 1. The van der Waals surface area contributed by atoms with Gasteiger partial charge in [0.15, 0.2) is 5.78 Å². The Bertz CT molecular complexity index is 460. The summed E-state index contributed by atoms with van der Waals surface area (Å²) in [5.41, 5.74) is 4.34. The molecule has 0 fully saturated rings. The van der Waals surface area contributed by atoms with Crippen LogP contribution in [0.3, 0.4) is 0 Å². The van der Waals surface area contributed by atoms with Crippen molar-refractivity contribution in [3.63, 3.8) is 0 Å². The molecule has 2 N–H and O–H groups in total. The first-order chi connectivity index (χ1) is 9.26. The first-order valence-corrected chi connectivity index (χ1v) is 8.21. The minimum Gasteiger partial charge on any atom is -0.383 e. The summed E-state index contributed by atoms with van der Waals surface area (Å²) >= 11 is 1.56. The molecular weight excluding hydrogens is 256 g/mol. The number of aryl methyl sites for hydroxylation is 1. The number of hydrogen-bond acceptors (Lipinski definition) is 4. The highest BCUT2D eigenvalue weighted by Gasteiger charge is 2.16. The Hall–Kier alpha value is -1.16. The molecule has 104 valence electrons. The van der Waals surface area contributed by atoms with Crippen LogP contribution in [0.2, 0.25) is 0 Å². The fourth-order valence-electron chi connectivity index (χ4n) is 2.43. The van der Waals surface area contributed by atoms with Crippen LogP contribution in [0.1, 0.15) is 48.5 Å². The first-order valence-electron chi connectivity index (χ1n) is 6.99. The number of rotatable bonds is 6. The van der Waals surface area contributed by atoms with Crippen LogP contribution in [-0.4, -0.2) is 18.6 Å². The normalized spacial score (nSPS) is 13.6. The van der Waals surface area contributed by atoms with Crippen LogP contribution in [0.4, 0.5) is 11.4 Å². The van der Waals surface area contributed by atoms with E-state index in [-0.39, 0.29) is 5.78 Å². The molecule has 0 amide bonds. The Labute approximate surface area is 119 Å². The van der Waals surface area contributed by atoms with Crippen molar-refractivity contribution >= 4 is 29.1 Å². The summed E-state index contributed by atoms with van der Waals surface area (Å²) < 4.78 is 3.29. The zero-order valence-corrected chi connectivity index (χ0v) is 12.5. The van der Waals surface area contributed by atoms with Gasteiger partial charge in [-0.2, -0.15) is 0 Å². The summed E-state index contributed by atoms with van der Waals surface area (Å²) in [6, 6.07) is 4.07. The highest BCUT2D eigenvalue weighted by molar-refractivity contribution is 7.99. The fraction of sp³-hybridized carbons (Fsp3) is 0.533. The predicted octanol–water partition coefficient (Wildman–Crippen LogP) is 4.11. The van der Waals surface area contributed by atoms with E-state index in [9.17, 15) is 4.79 Å². The number of fused-ring (bicyclic) bond motifs is 1. The van der Waals surface area contributed by atoms with Crippen LogP contribution in [0.15, 0.2) is 12.1 Å². The fourth-order valence-corrected chi connectivity index (χ4v) is 2.81. The van der Waals surface area contributed by atoms with Crippen LogP contribution in [0.5, 0.6) is 0 Å². The van der Waals surface area contributed by atoms with Gasteiger partial charge in [0, 0.05) is 24.8 Å². The largest absolute Gasteiger partial charge is 0.383 e. The molecule has 0 atom stereocenters. The molecular formula is C15H22N2OS. The summed E-state index contributed by atoms with van der Waals surface area (Å²) in [6.45, 7) is 3.13. The maximum Gasteiger partial charge on any atom is 0.162 e. The molecule has 1 aliphatic rings. The second-order valence-corrected chi connectivity index (χ2v) is 5.53. The second-order valence-electron chi connectivity index (χ2n) is 4.92. The van der Waals surface area contributed by atoms with Gasteiger partial charge in [0.2, 0.25) is 0 Å². The molecule has 0 aromatic heterocycles. The first kappa shape index (κ1) is 14.3. The average molecular weight is 278 g/mol. The van der Waals surface area contributed by atoms with Gasteiger partial charge in [-0.3, -0.25) is 4.79 Å². The number of hydrogen-bond donors (Lipinski definition) is 2. The van der Waals surface area contributed by atoms with Crippen molar-refractivity contribution in [2.75, 3.05) is 22.8 Å². The lowest BCUT2D eigenvalue weighted by Crippen LogP contribution is -2.14. The Kier molecular flexibility index (Phi) is 5.14. The number of anilines is 2. The smallest absolute Gasteiger partial charge is 0.162 e. The molecule has 3 nitrogen and oxygen atoms in total. The van der Waals surface area contributed by atoms with Gasteiger partial charge in [-0.05, 0) is 37.0 Å². The zero-order valence-electron chi connectivity index (χ0n) is 11.7. The molecule has 19 heavy (non-hydrogen) atoms. The number of Topliss-reactive ketones (excluding diaryl/α,β-unsaturated/α-hetero) is 1. The highest BCUT2D eigenvalue weighted by atomic mass is 32.2. The number of benzene rings is 1. The average Bonchev–Trinajstić information content (AvgIpc) is 2.45. The molecule has 0 saturated heterocycles. The van der Waals surface area contributed by atoms with E-state index < -0.39 is 0 Å². The molecule has 0 unspecified atom stereocenters. The monoisotopic (exact) mass is 278 g/mol. The maximum absolute atomic E-state index is 12.2. The lowest BCUT2D eigenvalue weighted by atomic mass is 9.96. The zero-order chi connectivity index (χ0) is 13.7. The third kappa shape index (κ3) is 3.44. The second kappa shape index (κ2) is 6.85. The van der Waals surface area contributed by atoms with Crippen molar-refractivity contribution in [1.82, 2.24) is 0 Å². The van der Waals surface area contributed by atoms with Crippen molar-refractivity contribution in [1.29, 1.82) is 0 Å². The molecule has 0 radical (unpaired) electrons. The van der Waals surface area contributed by atoms with E-state index in [1.165, 1.54) is 11.3 Å². The minimum absolute atomic E-state index is 0.263. The Morgan fingerprint density at radius 2 is 2.32 bits per heavy atom. The standard InChI is InChI=1S/C15H22N2OS/c1-3-4-7-14(18)12-9-11-6-5-8-16-15(11)13(10-12)17-19-2/h9-10,16-17H,3-8H2,1-2H3. The SMILES string of the molecule is CCCCC(=O)c1cc2c(c(NSC)c1)NCCC2. The van der Waals surface area contributed by atoms with E-state index in [2.05, 4.69) is 23.0 Å². The van der Waals surface area contributed by atoms with Gasteiger partial charge in [0.1, 0.15) is 0 Å². The van der Waals surface area contributed by atoms with Crippen molar-refractivity contribution in [3.05, 3.63) is 23.3 Å². The molecule has 0 spiro atoms. The molecule has 1 aromatic carbocycles. The summed E-state index contributed by atoms with van der Waals surface area (Å²) in [5, 5.41) is 3.44. The summed E-state index contributed by atoms with van der Waals surface area (Å²) in [4.78, 5) is 12.2. The van der Waals surface area contributed by atoms with Crippen LogP contribution >= 0.6 is 11.9 Å². The summed E-state index contributed by atoms with van der Waals surface area (Å²) in [6.07, 6.45) is 6.88. The molecule has 4 heteroatoms. The van der Waals surface area contributed by atoms with Gasteiger partial charge in [-0.15, -0.1) is 0 Å².